The van der Waals surface area contributed by atoms with Crippen molar-refractivity contribution in [2.75, 3.05) is 56.5 Å². The molecular formula is C24H32BrN7OS. The number of urea groups is 1. The van der Waals surface area contributed by atoms with Crippen LogP contribution in [-0.2, 0) is 0 Å². The number of carbonyl (C=O) groups is 1. The summed E-state index contributed by atoms with van der Waals surface area (Å²) in [5.41, 5.74) is 1.81. The van der Waals surface area contributed by atoms with Crippen LogP contribution in [0.25, 0.3) is 10.3 Å². The smallest absolute Gasteiger partial charge is 0.321 e. The average Bonchev–Trinajstić information content (AvgIpc) is 3.23. The predicted molar refractivity (Wildman–Crippen MR) is 144 cm³/mol. The van der Waals surface area contributed by atoms with Gasteiger partial charge in [0, 0.05) is 56.0 Å². The summed E-state index contributed by atoms with van der Waals surface area (Å²) in [6, 6.07) is 12.3. The molecule has 1 saturated heterocycles. The van der Waals surface area contributed by atoms with E-state index in [1.807, 2.05) is 48.3 Å². The number of benzene rings is 1. The zero-order valence-electron chi connectivity index (χ0n) is 19.9. The maximum atomic E-state index is 12.3. The molecule has 4 rings (SSSR count). The van der Waals surface area contributed by atoms with E-state index in [0.717, 1.165) is 65.5 Å². The van der Waals surface area contributed by atoms with Crippen LogP contribution in [-0.4, -0.2) is 78.2 Å². The van der Waals surface area contributed by atoms with Crippen LogP contribution in [0.5, 0.6) is 0 Å². The number of nitrogens with zero attached hydrogens (tertiary/aromatic N) is 5. The predicted octanol–water partition coefficient (Wildman–Crippen LogP) is 4.76. The lowest BCUT2D eigenvalue weighted by Gasteiger charge is -2.36. The van der Waals surface area contributed by atoms with Gasteiger partial charge >= 0.3 is 6.03 Å². The first-order valence-corrected chi connectivity index (χ1v) is 13.3. The standard InChI is InChI=1S/C24H32BrN7OS/c1-17(2)32-15-13-31(14-16-32)12-4-11-26-23(33)29-24-27-20-9-10-21(28-22(20)34-24)30(3)19-7-5-18(25)6-8-19/h5-10,17H,4,11-16H2,1-3H3,(H2,26,27,29,33). The highest BCUT2D eigenvalue weighted by atomic mass is 79.9. The van der Waals surface area contributed by atoms with Gasteiger partial charge in [0.2, 0.25) is 0 Å². The highest BCUT2D eigenvalue weighted by Crippen LogP contribution is 2.29. The molecule has 8 nitrogen and oxygen atoms in total. The Morgan fingerprint density at radius 3 is 2.56 bits per heavy atom. The number of halogens is 1. The monoisotopic (exact) mass is 545 g/mol. The summed E-state index contributed by atoms with van der Waals surface area (Å²) in [4.78, 5) is 29.4. The zero-order valence-corrected chi connectivity index (χ0v) is 22.3. The molecule has 2 aromatic heterocycles. The highest BCUT2D eigenvalue weighted by molar-refractivity contribution is 9.10. The maximum Gasteiger partial charge on any atom is 0.321 e. The van der Waals surface area contributed by atoms with Gasteiger partial charge in [0.1, 0.15) is 16.2 Å². The lowest BCUT2D eigenvalue weighted by molar-refractivity contribution is 0.108. The molecule has 0 saturated carbocycles. The van der Waals surface area contributed by atoms with E-state index in [-0.39, 0.29) is 6.03 Å². The SMILES string of the molecule is CC(C)N1CCN(CCCNC(=O)Nc2nc3ccc(N(C)c4ccc(Br)cc4)nc3s2)CC1. The lowest BCUT2D eigenvalue weighted by atomic mass is 10.2. The molecule has 10 heteroatoms. The number of nitrogens with one attached hydrogen (secondary N) is 2. The minimum absolute atomic E-state index is 0.226. The number of piperazine rings is 1. The second-order valence-corrected chi connectivity index (χ2v) is 10.6. The quantitative estimate of drug-likeness (QED) is 0.397. The van der Waals surface area contributed by atoms with E-state index >= 15 is 0 Å². The van der Waals surface area contributed by atoms with E-state index in [4.69, 9.17) is 4.98 Å². The molecule has 0 aliphatic carbocycles. The molecule has 2 amide bonds. The summed E-state index contributed by atoms with van der Waals surface area (Å²) in [6.07, 6.45) is 0.933. The summed E-state index contributed by atoms with van der Waals surface area (Å²) in [5.74, 6) is 0.823. The molecule has 1 aromatic carbocycles. The number of rotatable bonds is 8. The van der Waals surface area contributed by atoms with Gasteiger partial charge in [0.15, 0.2) is 5.13 Å². The van der Waals surface area contributed by atoms with E-state index in [9.17, 15) is 4.79 Å². The number of hydrogen-bond donors (Lipinski definition) is 2. The second kappa shape index (κ2) is 11.4. The van der Waals surface area contributed by atoms with Crippen LogP contribution in [0.3, 0.4) is 0 Å². The molecule has 3 aromatic rings. The van der Waals surface area contributed by atoms with Crippen molar-refractivity contribution < 1.29 is 4.79 Å². The van der Waals surface area contributed by atoms with Crippen LogP contribution in [0.2, 0.25) is 0 Å². The molecule has 3 heterocycles. The van der Waals surface area contributed by atoms with Gasteiger partial charge in [-0.3, -0.25) is 10.2 Å². The van der Waals surface area contributed by atoms with Crippen LogP contribution in [0.4, 0.5) is 21.4 Å². The molecule has 2 N–H and O–H groups in total. The summed E-state index contributed by atoms with van der Waals surface area (Å²) in [5, 5.41) is 6.35. The van der Waals surface area contributed by atoms with E-state index in [1.54, 1.807) is 0 Å². The number of anilines is 3. The summed E-state index contributed by atoms with van der Waals surface area (Å²) in [6.45, 7) is 10.6. The van der Waals surface area contributed by atoms with Crippen molar-refractivity contribution in [2.24, 2.45) is 0 Å². The fraction of sp³-hybridized carbons (Fsp3) is 0.458. The third kappa shape index (κ3) is 6.44. The largest absolute Gasteiger partial charge is 0.338 e. The van der Waals surface area contributed by atoms with Crippen molar-refractivity contribution in [2.45, 2.75) is 26.3 Å². The Balaban J connectivity index is 1.24. The van der Waals surface area contributed by atoms with Crippen LogP contribution >= 0.6 is 27.3 Å². The first-order chi connectivity index (χ1) is 16.4. The van der Waals surface area contributed by atoms with Gasteiger partial charge in [-0.25, -0.2) is 14.8 Å². The number of pyridine rings is 1. The van der Waals surface area contributed by atoms with Crippen LogP contribution < -0.4 is 15.5 Å². The number of thiazole rings is 1. The highest BCUT2D eigenvalue weighted by Gasteiger charge is 2.18. The number of amides is 2. The Morgan fingerprint density at radius 2 is 1.85 bits per heavy atom. The lowest BCUT2D eigenvalue weighted by Crippen LogP contribution is -2.49. The molecule has 1 aliphatic heterocycles. The van der Waals surface area contributed by atoms with Crippen molar-refractivity contribution in [3.05, 3.63) is 40.9 Å². The molecule has 0 spiro atoms. The van der Waals surface area contributed by atoms with E-state index in [0.29, 0.717) is 17.7 Å². The van der Waals surface area contributed by atoms with Gasteiger partial charge in [0.05, 0.1) is 0 Å². The first-order valence-electron chi connectivity index (χ1n) is 11.7. The average molecular weight is 547 g/mol. The van der Waals surface area contributed by atoms with Crippen molar-refractivity contribution in [3.63, 3.8) is 0 Å². The topological polar surface area (TPSA) is 76.6 Å². The molecule has 0 unspecified atom stereocenters. The van der Waals surface area contributed by atoms with Gasteiger partial charge in [-0.2, -0.15) is 0 Å². The van der Waals surface area contributed by atoms with Crippen molar-refractivity contribution >= 4 is 60.3 Å². The third-order valence-electron chi connectivity index (χ3n) is 6.09. The van der Waals surface area contributed by atoms with E-state index < -0.39 is 0 Å². The van der Waals surface area contributed by atoms with E-state index in [2.05, 4.69) is 55.2 Å². The van der Waals surface area contributed by atoms with Crippen molar-refractivity contribution in [1.29, 1.82) is 0 Å². The Bertz CT molecular complexity index is 1100. The maximum absolute atomic E-state index is 12.3. The fourth-order valence-electron chi connectivity index (χ4n) is 3.99. The molecule has 34 heavy (non-hydrogen) atoms. The van der Waals surface area contributed by atoms with Crippen molar-refractivity contribution in [1.82, 2.24) is 25.1 Å². The van der Waals surface area contributed by atoms with Crippen LogP contribution in [0, 0.1) is 0 Å². The second-order valence-electron chi connectivity index (χ2n) is 8.75. The Morgan fingerprint density at radius 1 is 1.12 bits per heavy atom. The molecule has 0 radical (unpaired) electrons. The van der Waals surface area contributed by atoms with Gasteiger partial charge in [0.25, 0.3) is 0 Å². The Hall–Kier alpha value is -2.27. The number of hydrogen-bond acceptors (Lipinski definition) is 7. The number of fused-ring (bicyclic) bond motifs is 1. The van der Waals surface area contributed by atoms with Crippen molar-refractivity contribution in [3.8, 4) is 0 Å². The van der Waals surface area contributed by atoms with Gasteiger partial charge in [-0.15, -0.1) is 0 Å². The van der Waals surface area contributed by atoms with Gasteiger partial charge < -0.3 is 15.1 Å². The minimum Gasteiger partial charge on any atom is -0.338 e. The van der Waals surface area contributed by atoms with Crippen LogP contribution in [0.1, 0.15) is 20.3 Å². The zero-order chi connectivity index (χ0) is 24.1. The normalized spacial score (nSPS) is 15.1. The third-order valence-corrected chi connectivity index (χ3v) is 7.50. The minimum atomic E-state index is -0.226. The molecular weight excluding hydrogens is 514 g/mol. The number of aromatic nitrogens is 2. The summed E-state index contributed by atoms with van der Waals surface area (Å²) >= 11 is 4.84. The van der Waals surface area contributed by atoms with Gasteiger partial charge in [-0.05, 0) is 63.2 Å². The van der Waals surface area contributed by atoms with E-state index in [1.165, 1.54) is 11.3 Å². The van der Waals surface area contributed by atoms with Crippen LogP contribution in [0.15, 0.2) is 40.9 Å². The summed E-state index contributed by atoms with van der Waals surface area (Å²) in [7, 11) is 1.98. The Kier molecular flexibility index (Phi) is 8.36. The fourth-order valence-corrected chi connectivity index (χ4v) is 5.09. The number of carbonyl (C=O) groups excluding carboxylic acids is 1. The molecule has 0 atom stereocenters. The Labute approximate surface area is 213 Å². The molecule has 182 valence electrons. The summed E-state index contributed by atoms with van der Waals surface area (Å²) < 4.78 is 1.04. The first kappa shape index (κ1) is 24.8. The molecule has 1 fully saturated rings. The van der Waals surface area contributed by atoms with Gasteiger partial charge in [-0.1, -0.05) is 27.3 Å². The molecule has 1 aliphatic rings. The molecule has 0 bridgehead atoms.